The summed E-state index contributed by atoms with van der Waals surface area (Å²) in [5, 5.41) is 9.61. The molecule has 182 valence electrons. The summed E-state index contributed by atoms with van der Waals surface area (Å²) < 4.78 is 18.5. The number of benzene rings is 2. The predicted molar refractivity (Wildman–Crippen MR) is 134 cm³/mol. The van der Waals surface area contributed by atoms with Crippen molar-refractivity contribution in [2.45, 2.75) is 13.5 Å². The lowest BCUT2D eigenvalue weighted by atomic mass is 10.2. The van der Waals surface area contributed by atoms with Gasteiger partial charge in [-0.2, -0.15) is 4.98 Å². The molecule has 5 aromatic rings. The van der Waals surface area contributed by atoms with Crippen molar-refractivity contribution in [3.05, 3.63) is 83.8 Å². The largest absolute Gasteiger partial charge is 0.497 e. The molecule has 3 heterocycles. The number of hydrogen-bond acceptors (Lipinski definition) is 7. The highest BCUT2D eigenvalue weighted by atomic mass is 16.5. The molecule has 0 saturated carbocycles. The molecule has 0 bridgehead atoms. The first-order chi connectivity index (χ1) is 17.5. The number of ether oxygens (including phenoxy) is 3. The zero-order chi connectivity index (χ0) is 25.1. The van der Waals surface area contributed by atoms with Gasteiger partial charge in [0.15, 0.2) is 5.82 Å². The van der Waals surface area contributed by atoms with Crippen LogP contribution >= 0.6 is 0 Å². The van der Waals surface area contributed by atoms with Crippen molar-refractivity contribution in [3.63, 3.8) is 0 Å². The molecule has 0 aliphatic carbocycles. The molecule has 0 unspecified atom stereocenters. The van der Waals surface area contributed by atoms with E-state index in [1.807, 2.05) is 35.9 Å². The molecule has 36 heavy (non-hydrogen) atoms. The van der Waals surface area contributed by atoms with Gasteiger partial charge in [0.05, 0.1) is 25.5 Å². The van der Waals surface area contributed by atoms with E-state index in [4.69, 9.17) is 14.2 Å². The van der Waals surface area contributed by atoms with Gasteiger partial charge in [-0.25, -0.2) is 4.98 Å². The van der Waals surface area contributed by atoms with Crippen LogP contribution in [0.2, 0.25) is 0 Å². The van der Waals surface area contributed by atoms with Gasteiger partial charge in [0, 0.05) is 24.0 Å². The number of aromatic nitrogens is 5. The summed E-state index contributed by atoms with van der Waals surface area (Å²) in [7, 11) is 3.14. The second-order valence-electron chi connectivity index (χ2n) is 8.00. The topological polar surface area (TPSA) is 116 Å². The summed E-state index contributed by atoms with van der Waals surface area (Å²) in [5.41, 5.74) is 3.96. The summed E-state index contributed by atoms with van der Waals surface area (Å²) in [6.07, 6.45) is 3.90. The summed E-state index contributed by atoms with van der Waals surface area (Å²) in [4.78, 5) is 21.7. The molecule has 0 fully saturated rings. The third-order valence-corrected chi connectivity index (χ3v) is 5.61. The highest BCUT2D eigenvalue weighted by Gasteiger charge is 2.15. The number of pyridine rings is 1. The zero-order valence-corrected chi connectivity index (χ0v) is 20.0. The zero-order valence-electron chi connectivity index (χ0n) is 20.0. The molecular weight excluding hydrogens is 460 g/mol. The van der Waals surface area contributed by atoms with Gasteiger partial charge in [-0.1, -0.05) is 6.07 Å². The fourth-order valence-electron chi connectivity index (χ4n) is 3.74. The van der Waals surface area contributed by atoms with Crippen molar-refractivity contribution in [3.8, 4) is 28.6 Å². The third kappa shape index (κ3) is 4.69. The number of H-pyrrole nitrogens is 1. The Morgan fingerprint density at radius 2 is 1.83 bits per heavy atom. The highest BCUT2D eigenvalue weighted by molar-refractivity contribution is 6.03. The summed E-state index contributed by atoms with van der Waals surface area (Å²) in [5.74, 6) is 2.12. The second-order valence-corrected chi connectivity index (χ2v) is 8.00. The Bertz CT molecular complexity index is 1520. The van der Waals surface area contributed by atoms with E-state index in [0.29, 0.717) is 40.8 Å². The molecular formula is C26H24N6O4. The Kier molecular flexibility index (Phi) is 6.23. The molecule has 0 atom stereocenters. The molecule has 0 spiro atoms. The van der Waals surface area contributed by atoms with Crippen LogP contribution in [-0.4, -0.2) is 44.7 Å². The van der Waals surface area contributed by atoms with Crippen LogP contribution in [-0.2, 0) is 6.61 Å². The van der Waals surface area contributed by atoms with Crippen molar-refractivity contribution in [1.29, 1.82) is 0 Å². The van der Waals surface area contributed by atoms with Crippen LogP contribution in [0.25, 0.3) is 17.0 Å². The number of imidazole rings is 1. The molecule has 0 aliphatic heterocycles. The lowest BCUT2D eigenvalue weighted by Crippen LogP contribution is -2.12. The fourth-order valence-corrected chi connectivity index (χ4v) is 3.74. The number of carbonyl (C=O) groups excluding carboxylic acids is 1. The average molecular weight is 485 g/mol. The van der Waals surface area contributed by atoms with E-state index >= 15 is 0 Å². The molecule has 3 aromatic heterocycles. The Morgan fingerprint density at radius 1 is 1.03 bits per heavy atom. The van der Waals surface area contributed by atoms with Crippen LogP contribution in [0.1, 0.15) is 21.6 Å². The van der Waals surface area contributed by atoms with Gasteiger partial charge in [-0.05, 0) is 55.0 Å². The van der Waals surface area contributed by atoms with Crippen molar-refractivity contribution < 1.29 is 19.0 Å². The standard InChI is InChI=1S/C26H24N6O4/c1-16-5-4-12-32-14-18(27-24(16)32)15-36-19-8-6-17(7-9-19)25(33)29-26-28-23(30-31-26)21-11-10-20(34-2)13-22(21)35-3/h4-14H,15H2,1-3H3,(H2,28,29,30,31,33). The van der Waals surface area contributed by atoms with Gasteiger partial charge in [0.2, 0.25) is 5.95 Å². The number of fused-ring (bicyclic) bond motifs is 1. The SMILES string of the molecule is COc1ccc(-c2nc(NC(=O)c3ccc(OCc4cn5cccc(C)c5n4)cc3)n[nH]2)c(OC)c1. The summed E-state index contributed by atoms with van der Waals surface area (Å²) >= 11 is 0. The molecule has 10 heteroatoms. The van der Waals surface area contributed by atoms with Crippen molar-refractivity contribution in [2.75, 3.05) is 19.5 Å². The minimum Gasteiger partial charge on any atom is -0.497 e. The highest BCUT2D eigenvalue weighted by Crippen LogP contribution is 2.31. The molecule has 5 rings (SSSR count). The first-order valence-corrected chi connectivity index (χ1v) is 11.2. The van der Waals surface area contributed by atoms with E-state index < -0.39 is 0 Å². The molecule has 1 amide bonds. The van der Waals surface area contributed by atoms with Gasteiger partial charge in [-0.3, -0.25) is 15.2 Å². The molecule has 0 saturated heterocycles. The second kappa shape index (κ2) is 9.79. The van der Waals surface area contributed by atoms with Crippen LogP contribution in [0.3, 0.4) is 0 Å². The van der Waals surface area contributed by atoms with Crippen molar-refractivity contribution >= 4 is 17.5 Å². The average Bonchev–Trinajstić information content (AvgIpc) is 3.55. The van der Waals surface area contributed by atoms with Crippen LogP contribution in [0.15, 0.2) is 67.0 Å². The minimum atomic E-state index is -0.343. The maximum atomic E-state index is 12.7. The number of nitrogens with zero attached hydrogens (tertiary/aromatic N) is 4. The molecule has 2 aromatic carbocycles. The number of amides is 1. The van der Waals surface area contributed by atoms with Crippen LogP contribution in [0, 0.1) is 6.92 Å². The van der Waals surface area contributed by atoms with Crippen molar-refractivity contribution in [2.24, 2.45) is 0 Å². The maximum Gasteiger partial charge on any atom is 0.258 e. The molecule has 2 N–H and O–H groups in total. The summed E-state index contributed by atoms with van der Waals surface area (Å²) in [6, 6.07) is 16.2. The fraction of sp³-hybridized carbons (Fsp3) is 0.154. The molecule has 0 radical (unpaired) electrons. The van der Waals surface area contributed by atoms with Crippen LogP contribution in [0.5, 0.6) is 17.2 Å². The van der Waals surface area contributed by atoms with Gasteiger partial charge in [-0.15, -0.1) is 5.10 Å². The lowest BCUT2D eigenvalue weighted by Gasteiger charge is -2.08. The minimum absolute atomic E-state index is 0.148. The number of anilines is 1. The number of aromatic amines is 1. The Hall–Kier alpha value is -4.86. The third-order valence-electron chi connectivity index (χ3n) is 5.61. The Labute approximate surface area is 206 Å². The van der Waals surface area contributed by atoms with E-state index in [1.165, 1.54) is 0 Å². The van der Waals surface area contributed by atoms with E-state index in [9.17, 15) is 4.79 Å². The summed E-state index contributed by atoms with van der Waals surface area (Å²) in [6.45, 7) is 2.34. The number of carbonyl (C=O) groups is 1. The number of hydrogen-bond donors (Lipinski definition) is 2. The Balaban J connectivity index is 1.22. The maximum absolute atomic E-state index is 12.7. The molecule has 10 nitrogen and oxygen atoms in total. The van der Waals surface area contributed by atoms with Gasteiger partial charge < -0.3 is 18.6 Å². The van der Waals surface area contributed by atoms with Gasteiger partial charge in [0.25, 0.3) is 5.91 Å². The van der Waals surface area contributed by atoms with E-state index in [-0.39, 0.29) is 11.9 Å². The first kappa shape index (κ1) is 22.9. The molecule has 0 aliphatic rings. The Morgan fingerprint density at radius 3 is 2.58 bits per heavy atom. The number of aryl methyl sites for hydroxylation is 1. The number of methoxy groups -OCH3 is 2. The predicted octanol–water partition coefficient (Wildman–Crippen LogP) is 4.28. The lowest BCUT2D eigenvalue weighted by molar-refractivity contribution is 0.102. The monoisotopic (exact) mass is 484 g/mol. The van der Waals surface area contributed by atoms with Crippen LogP contribution in [0.4, 0.5) is 5.95 Å². The van der Waals surface area contributed by atoms with Gasteiger partial charge >= 0.3 is 0 Å². The smallest absolute Gasteiger partial charge is 0.258 e. The number of rotatable bonds is 8. The van der Waals surface area contributed by atoms with Gasteiger partial charge in [0.1, 0.15) is 29.5 Å². The number of nitrogens with one attached hydrogen (secondary N) is 2. The van der Waals surface area contributed by atoms with Crippen molar-refractivity contribution in [1.82, 2.24) is 24.6 Å². The first-order valence-electron chi connectivity index (χ1n) is 11.2. The van der Waals surface area contributed by atoms with E-state index in [1.54, 1.807) is 56.7 Å². The quantitative estimate of drug-likeness (QED) is 0.338. The van der Waals surface area contributed by atoms with E-state index in [0.717, 1.165) is 16.9 Å². The van der Waals surface area contributed by atoms with E-state index in [2.05, 4.69) is 25.5 Å². The normalized spacial score (nSPS) is 10.9. The van der Waals surface area contributed by atoms with Crippen LogP contribution < -0.4 is 19.5 Å².